The lowest BCUT2D eigenvalue weighted by atomic mass is 9.85. The molecule has 0 saturated heterocycles. The van der Waals surface area contributed by atoms with Crippen LogP contribution in [0.4, 0.5) is 14.9 Å². The molecule has 1 amide bonds. The third kappa shape index (κ3) is 7.73. The molecular weight excluding hydrogens is 501 g/mol. The average molecular weight is 538 g/mol. The molecule has 0 saturated carbocycles. The van der Waals surface area contributed by atoms with E-state index in [0.717, 1.165) is 5.56 Å². The SMILES string of the molecule is CCC1(CC)OC(=O)N(CCC(C)(C)NCC(O)c2ccc(O)c(C)c2)c2ccc(F)cc21.N=S(=O)=O. The molecular formula is C26H36FN3O6S. The first-order chi connectivity index (χ1) is 17.2. The first-order valence-corrected chi connectivity index (χ1v) is 13.2. The predicted molar refractivity (Wildman–Crippen MR) is 139 cm³/mol. The molecule has 0 bridgehead atoms. The van der Waals surface area contributed by atoms with E-state index >= 15 is 0 Å². The van der Waals surface area contributed by atoms with Crippen LogP contribution in [0.2, 0.25) is 0 Å². The molecule has 2 aromatic carbocycles. The van der Waals surface area contributed by atoms with Crippen molar-refractivity contribution in [3.63, 3.8) is 0 Å². The number of amides is 1. The van der Waals surface area contributed by atoms with Gasteiger partial charge < -0.3 is 20.3 Å². The standard InChI is InChI=1S/C26H35FN2O4.HNO2S/c1-6-26(7-2)20-15-19(27)9-10-21(20)29(24(32)33-26)13-12-25(4,5)28-16-23(31)18-8-11-22(30)17(3)14-18;1-4(2)3/h8-11,14-15,23,28,30-31H,6-7,12-13,16H2,1-5H3;1H. The van der Waals surface area contributed by atoms with Gasteiger partial charge in [0.25, 0.3) is 0 Å². The van der Waals surface area contributed by atoms with E-state index in [1.54, 1.807) is 36.1 Å². The highest BCUT2D eigenvalue weighted by molar-refractivity contribution is 7.60. The fraction of sp³-hybridized carbons (Fsp3) is 0.500. The van der Waals surface area contributed by atoms with E-state index in [0.29, 0.717) is 49.2 Å². The summed E-state index contributed by atoms with van der Waals surface area (Å²) < 4.78 is 42.7. The van der Waals surface area contributed by atoms with Crippen molar-refractivity contribution in [1.29, 1.82) is 4.78 Å². The van der Waals surface area contributed by atoms with E-state index in [2.05, 4.69) is 5.32 Å². The molecule has 37 heavy (non-hydrogen) atoms. The van der Waals surface area contributed by atoms with E-state index in [4.69, 9.17) is 17.9 Å². The van der Waals surface area contributed by atoms with Gasteiger partial charge in [-0.15, -0.1) is 0 Å². The summed E-state index contributed by atoms with van der Waals surface area (Å²) in [5, 5.41) is 23.6. The van der Waals surface area contributed by atoms with Crippen molar-refractivity contribution in [3.05, 3.63) is 58.9 Å². The lowest BCUT2D eigenvalue weighted by Gasteiger charge is -2.42. The van der Waals surface area contributed by atoms with Crippen molar-refractivity contribution < 1.29 is 32.6 Å². The molecule has 204 valence electrons. The highest BCUT2D eigenvalue weighted by atomic mass is 32.2. The molecule has 1 heterocycles. The number of halogens is 1. The number of phenolic OH excluding ortho intramolecular Hbond substituents is 1. The molecule has 1 unspecified atom stereocenters. The molecule has 0 spiro atoms. The third-order valence-corrected chi connectivity index (χ3v) is 6.73. The van der Waals surface area contributed by atoms with Crippen LogP contribution < -0.4 is 10.2 Å². The summed E-state index contributed by atoms with van der Waals surface area (Å²) >= 11 is 0. The van der Waals surface area contributed by atoms with Crippen molar-refractivity contribution >= 4 is 22.3 Å². The molecule has 0 radical (unpaired) electrons. The number of aliphatic hydroxyl groups is 1. The van der Waals surface area contributed by atoms with Gasteiger partial charge in [0.05, 0.1) is 11.8 Å². The third-order valence-electron chi connectivity index (χ3n) is 6.73. The van der Waals surface area contributed by atoms with Crippen molar-refractivity contribution in [2.24, 2.45) is 0 Å². The van der Waals surface area contributed by atoms with E-state index in [1.807, 2.05) is 27.7 Å². The van der Waals surface area contributed by atoms with Gasteiger partial charge in [-0.1, -0.05) is 19.9 Å². The van der Waals surface area contributed by atoms with Gasteiger partial charge in [-0.3, -0.25) is 4.90 Å². The van der Waals surface area contributed by atoms with E-state index in [9.17, 15) is 19.4 Å². The number of nitrogens with one attached hydrogen (secondary N) is 2. The Bertz CT molecular complexity index is 1210. The van der Waals surface area contributed by atoms with Crippen LogP contribution in [0.3, 0.4) is 0 Å². The number of β-amino-alcohol motifs (C(OH)–C–C–N with tert-alkyl or cyclic N) is 1. The fourth-order valence-corrected chi connectivity index (χ4v) is 4.33. The maximum Gasteiger partial charge on any atom is 0.415 e. The zero-order valence-electron chi connectivity index (χ0n) is 21.8. The average Bonchev–Trinajstić information content (AvgIpc) is 2.83. The van der Waals surface area contributed by atoms with E-state index in [-0.39, 0.29) is 11.6 Å². The second-order valence-corrected chi connectivity index (χ2v) is 10.2. The van der Waals surface area contributed by atoms with Crippen molar-refractivity contribution in [2.45, 2.75) is 71.1 Å². The van der Waals surface area contributed by atoms with E-state index in [1.165, 1.54) is 12.1 Å². The van der Waals surface area contributed by atoms with Crippen LogP contribution in [0, 0.1) is 17.5 Å². The summed E-state index contributed by atoms with van der Waals surface area (Å²) in [6.07, 6.45) is 0.573. The van der Waals surface area contributed by atoms with Gasteiger partial charge in [0.1, 0.15) is 17.2 Å². The maximum absolute atomic E-state index is 14.1. The highest BCUT2D eigenvalue weighted by Crippen LogP contribution is 2.44. The molecule has 1 aliphatic heterocycles. The number of carbonyl (C=O) groups excluding carboxylic acids is 1. The number of phenols is 1. The second-order valence-electron chi connectivity index (χ2n) is 9.69. The summed E-state index contributed by atoms with van der Waals surface area (Å²) in [4.78, 5) is 14.5. The number of hydrogen-bond donors (Lipinski definition) is 4. The van der Waals surface area contributed by atoms with Gasteiger partial charge in [-0.2, -0.15) is 13.2 Å². The minimum absolute atomic E-state index is 0.197. The molecule has 2 aromatic rings. The number of aliphatic hydroxyl groups excluding tert-OH is 1. The highest BCUT2D eigenvalue weighted by Gasteiger charge is 2.43. The van der Waals surface area contributed by atoms with Crippen LogP contribution in [0.25, 0.3) is 0 Å². The monoisotopic (exact) mass is 537 g/mol. The number of benzene rings is 2. The maximum atomic E-state index is 14.1. The molecule has 0 aromatic heterocycles. The van der Waals surface area contributed by atoms with Gasteiger partial charge in [-0.05, 0) is 81.5 Å². The number of fused-ring (bicyclic) bond motifs is 1. The lowest BCUT2D eigenvalue weighted by Crippen LogP contribution is -2.49. The van der Waals surface area contributed by atoms with Gasteiger partial charge in [0, 0.05) is 24.2 Å². The topological polar surface area (TPSA) is 140 Å². The summed E-state index contributed by atoms with van der Waals surface area (Å²) in [7, 11) is -2.61. The smallest absolute Gasteiger partial charge is 0.415 e. The Balaban J connectivity index is 0.00000112. The zero-order chi connectivity index (χ0) is 28.0. The van der Waals surface area contributed by atoms with Crippen molar-refractivity contribution in [3.8, 4) is 5.75 Å². The minimum atomic E-state index is -2.61. The van der Waals surface area contributed by atoms with Crippen LogP contribution in [0.5, 0.6) is 5.75 Å². The molecule has 4 N–H and O–H groups in total. The Hall–Kier alpha value is -3.02. The summed E-state index contributed by atoms with van der Waals surface area (Å²) in [5.41, 5.74) is 1.62. The first-order valence-electron chi connectivity index (χ1n) is 12.1. The van der Waals surface area contributed by atoms with Gasteiger partial charge >= 0.3 is 16.6 Å². The van der Waals surface area contributed by atoms with Crippen LogP contribution in [-0.4, -0.2) is 43.4 Å². The molecule has 3 rings (SSSR count). The van der Waals surface area contributed by atoms with Gasteiger partial charge in [0.2, 0.25) is 0 Å². The number of carbonyl (C=O) groups is 1. The predicted octanol–water partition coefficient (Wildman–Crippen LogP) is 4.93. The Morgan fingerprint density at radius 2 is 1.81 bits per heavy atom. The van der Waals surface area contributed by atoms with Crippen molar-refractivity contribution in [2.75, 3.05) is 18.0 Å². The number of ether oxygens (including phenoxy) is 1. The molecule has 0 aliphatic carbocycles. The molecule has 1 atom stereocenters. The fourth-order valence-electron chi connectivity index (χ4n) is 4.33. The molecule has 11 heteroatoms. The number of nitrogens with zero attached hydrogens (tertiary/aromatic N) is 1. The number of anilines is 1. The Kier molecular flexibility index (Phi) is 10.2. The van der Waals surface area contributed by atoms with Crippen LogP contribution in [-0.2, 0) is 20.8 Å². The van der Waals surface area contributed by atoms with Gasteiger partial charge in [-0.25, -0.2) is 9.18 Å². The number of aryl methyl sites for hydroxylation is 1. The number of cyclic esters (lactones) is 1. The molecule has 0 fully saturated rings. The normalized spacial score (nSPS) is 15.2. The van der Waals surface area contributed by atoms with Crippen LogP contribution >= 0.6 is 0 Å². The number of rotatable bonds is 9. The first kappa shape index (κ1) is 30.2. The number of hydrogen-bond acceptors (Lipinski definition) is 8. The molecule has 1 aliphatic rings. The van der Waals surface area contributed by atoms with Crippen LogP contribution in [0.15, 0.2) is 36.4 Å². The quantitative estimate of drug-likeness (QED) is 0.355. The lowest BCUT2D eigenvalue weighted by molar-refractivity contribution is -0.00159. The Morgan fingerprint density at radius 3 is 2.38 bits per heavy atom. The van der Waals surface area contributed by atoms with E-state index < -0.39 is 33.8 Å². The zero-order valence-corrected chi connectivity index (χ0v) is 22.7. The Labute approximate surface area is 218 Å². The summed E-state index contributed by atoms with van der Waals surface area (Å²) in [6, 6.07) is 9.55. The largest absolute Gasteiger partial charge is 0.508 e. The molecule has 9 nitrogen and oxygen atoms in total. The summed E-state index contributed by atoms with van der Waals surface area (Å²) in [6.45, 7) is 10.4. The summed E-state index contributed by atoms with van der Waals surface area (Å²) in [5.74, 6) is -0.152. The van der Waals surface area contributed by atoms with Crippen molar-refractivity contribution in [1.82, 2.24) is 5.32 Å². The Morgan fingerprint density at radius 1 is 1.19 bits per heavy atom. The number of aromatic hydroxyl groups is 1. The van der Waals surface area contributed by atoms with Crippen LogP contribution in [0.1, 0.15) is 69.8 Å². The second kappa shape index (κ2) is 12.5. The van der Waals surface area contributed by atoms with Gasteiger partial charge in [0.15, 0.2) is 0 Å². The minimum Gasteiger partial charge on any atom is -0.508 e.